The quantitative estimate of drug-likeness (QED) is 0.361. The number of carbonyl (C=O) groups excluding carboxylic acids is 2. The standard InChI is InChI=1S/C29H25BrN6O2/c1-17-6-7-25(30)34-27(17)35-28(38)23-13-29(3)8-4-5-24(29)36(23)26(37)12-19-9-20(14-31)11-21(10-19)22-15-32-18(2)33-16-22/h6-7,9-11,15-16,23-24H,5,12-13H2,1-3H3,(H,34,35,38)/t23-,24+,29+/m0/s1. The average molecular weight is 569 g/mol. The van der Waals surface area contributed by atoms with Crippen LogP contribution in [0.3, 0.4) is 0 Å². The molecule has 2 aromatic heterocycles. The van der Waals surface area contributed by atoms with Gasteiger partial charge in [-0.25, -0.2) is 15.0 Å². The molecule has 38 heavy (non-hydrogen) atoms. The Kier molecular flexibility index (Phi) is 6.73. The molecular weight excluding hydrogens is 544 g/mol. The molecule has 8 nitrogen and oxygen atoms in total. The van der Waals surface area contributed by atoms with E-state index >= 15 is 0 Å². The predicted molar refractivity (Wildman–Crippen MR) is 145 cm³/mol. The van der Waals surface area contributed by atoms with Gasteiger partial charge < -0.3 is 10.2 Å². The molecule has 1 N–H and O–H groups in total. The summed E-state index contributed by atoms with van der Waals surface area (Å²) in [5.41, 5.74) is 2.99. The molecule has 3 atom stereocenters. The van der Waals surface area contributed by atoms with Crippen molar-refractivity contribution in [1.29, 1.82) is 5.26 Å². The van der Waals surface area contributed by atoms with E-state index in [0.29, 0.717) is 40.2 Å². The molecule has 0 saturated carbocycles. The molecule has 0 spiro atoms. The van der Waals surface area contributed by atoms with Crippen molar-refractivity contribution in [2.45, 2.75) is 52.1 Å². The highest BCUT2D eigenvalue weighted by Gasteiger charge is 2.54. The van der Waals surface area contributed by atoms with Gasteiger partial charge in [0, 0.05) is 24.4 Å². The highest BCUT2D eigenvalue weighted by atomic mass is 79.9. The second kappa shape index (κ2) is 10.00. The van der Waals surface area contributed by atoms with Gasteiger partial charge in [-0.2, -0.15) is 5.26 Å². The van der Waals surface area contributed by atoms with E-state index in [0.717, 1.165) is 16.7 Å². The Balaban J connectivity index is 1.44. The lowest BCUT2D eigenvalue weighted by Crippen LogP contribution is -2.48. The molecule has 1 fully saturated rings. The fourth-order valence-electron chi connectivity index (χ4n) is 5.20. The third kappa shape index (κ3) is 4.90. The smallest absolute Gasteiger partial charge is 0.248 e. The number of fused-ring (bicyclic) bond motifs is 1. The zero-order valence-electron chi connectivity index (χ0n) is 21.2. The van der Waals surface area contributed by atoms with Gasteiger partial charge in [0.1, 0.15) is 22.3 Å². The number of amides is 2. The number of nitrogens with one attached hydrogen (secondary N) is 1. The number of aryl methyl sites for hydroxylation is 2. The van der Waals surface area contributed by atoms with Crippen molar-refractivity contribution in [3.05, 3.63) is 69.8 Å². The predicted octanol–water partition coefficient (Wildman–Crippen LogP) is 4.35. The van der Waals surface area contributed by atoms with Gasteiger partial charge in [0.05, 0.1) is 29.5 Å². The van der Waals surface area contributed by atoms with Gasteiger partial charge >= 0.3 is 0 Å². The molecule has 3 heterocycles. The summed E-state index contributed by atoms with van der Waals surface area (Å²) in [6.45, 7) is 5.68. The van der Waals surface area contributed by atoms with Crippen molar-refractivity contribution in [2.75, 3.05) is 5.32 Å². The van der Waals surface area contributed by atoms with Gasteiger partial charge in [0.2, 0.25) is 11.8 Å². The lowest BCUT2D eigenvalue weighted by Gasteiger charge is -2.30. The second-order valence-corrected chi connectivity index (χ2v) is 10.8. The van der Waals surface area contributed by atoms with Crippen LogP contribution in [0.5, 0.6) is 0 Å². The van der Waals surface area contributed by atoms with Gasteiger partial charge in [-0.05, 0) is 78.0 Å². The van der Waals surface area contributed by atoms with Crippen molar-refractivity contribution in [3.63, 3.8) is 0 Å². The number of halogens is 1. The highest BCUT2D eigenvalue weighted by molar-refractivity contribution is 9.10. The largest absolute Gasteiger partial charge is 0.325 e. The number of likely N-dealkylation sites (tertiary alicyclic amines) is 1. The molecule has 1 saturated heterocycles. The van der Waals surface area contributed by atoms with Crippen molar-refractivity contribution in [3.8, 4) is 29.0 Å². The number of hydrogen-bond donors (Lipinski definition) is 1. The van der Waals surface area contributed by atoms with Gasteiger partial charge in [0.25, 0.3) is 0 Å². The van der Waals surface area contributed by atoms with E-state index in [4.69, 9.17) is 0 Å². The lowest BCUT2D eigenvalue weighted by atomic mass is 9.84. The first-order valence-electron chi connectivity index (χ1n) is 12.2. The third-order valence-electron chi connectivity index (χ3n) is 7.18. The van der Waals surface area contributed by atoms with Gasteiger partial charge in [-0.15, -0.1) is 5.92 Å². The molecule has 5 rings (SSSR count). The Morgan fingerprint density at radius 1 is 1.21 bits per heavy atom. The summed E-state index contributed by atoms with van der Waals surface area (Å²) in [6.07, 6.45) is 4.40. The van der Waals surface area contributed by atoms with Crippen LogP contribution in [0, 0.1) is 42.4 Å². The summed E-state index contributed by atoms with van der Waals surface area (Å²) in [4.78, 5) is 41.9. The van der Waals surface area contributed by atoms with Gasteiger partial charge in [-0.3, -0.25) is 9.59 Å². The SMILES string of the molecule is Cc1ncc(-c2cc(C#N)cc(CC(=O)N3[C@H](C(=O)Nc4nc(Br)ccc4C)C[C@@]4(C)C#CC[C@@H]34)c2)cn1. The summed E-state index contributed by atoms with van der Waals surface area (Å²) in [5, 5.41) is 12.5. The van der Waals surface area contributed by atoms with E-state index in [2.05, 4.69) is 54.1 Å². The van der Waals surface area contributed by atoms with E-state index < -0.39 is 11.5 Å². The zero-order chi connectivity index (χ0) is 27.0. The van der Waals surface area contributed by atoms with Gasteiger partial charge in [-0.1, -0.05) is 18.1 Å². The Morgan fingerprint density at radius 3 is 2.71 bits per heavy atom. The fraction of sp³-hybridized carbons (Fsp3) is 0.310. The van der Waals surface area contributed by atoms with Crippen LogP contribution in [0.2, 0.25) is 0 Å². The maximum atomic E-state index is 13.8. The summed E-state index contributed by atoms with van der Waals surface area (Å²) in [7, 11) is 0. The Hall–Kier alpha value is -4.08. The summed E-state index contributed by atoms with van der Waals surface area (Å²) in [5.74, 6) is 7.03. The molecule has 0 bridgehead atoms. The van der Waals surface area contributed by atoms with Crippen LogP contribution < -0.4 is 5.32 Å². The number of benzene rings is 1. The minimum Gasteiger partial charge on any atom is -0.325 e. The molecule has 2 amide bonds. The number of nitriles is 1. The number of aromatic nitrogens is 3. The Morgan fingerprint density at radius 2 is 1.97 bits per heavy atom. The Labute approximate surface area is 229 Å². The molecule has 190 valence electrons. The van der Waals surface area contributed by atoms with Crippen molar-refractivity contribution >= 4 is 33.6 Å². The molecular formula is C29H25BrN6O2. The monoisotopic (exact) mass is 568 g/mol. The number of hydrogen-bond acceptors (Lipinski definition) is 6. The van der Waals surface area contributed by atoms with E-state index in [9.17, 15) is 14.9 Å². The summed E-state index contributed by atoms with van der Waals surface area (Å²) in [6, 6.07) is 10.3. The van der Waals surface area contributed by atoms with Crippen LogP contribution in [0.15, 0.2) is 47.3 Å². The molecule has 2 aliphatic rings. The third-order valence-corrected chi connectivity index (χ3v) is 7.62. The fourth-order valence-corrected chi connectivity index (χ4v) is 5.51. The first-order valence-corrected chi connectivity index (χ1v) is 13.0. The lowest BCUT2D eigenvalue weighted by molar-refractivity contribution is -0.138. The molecule has 1 aliphatic heterocycles. The number of carbonyl (C=O) groups is 2. The van der Waals surface area contributed by atoms with Crippen molar-refractivity contribution in [2.24, 2.45) is 5.41 Å². The average Bonchev–Trinajstić information content (AvgIpc) is 3.40. The van der Waals surface area contributed by atoms with E-state index in [1.54, 1.807) is 36.4 Å². The van der Waals surface area contributed by atoms with Crippen LogP contribution in [-0.4, -0.2) is 43.7 Å². The minimum atomic E-state index is -0.684. The number of pyridine rings is 1. The molecule has 1 aromatic carbocycles. The molecule has 0 radical (unpaired) electrons. The zero-order valence-corrected chi connectivity index (χ0v) is 22.8. The second-order valence-electron chi connectivity index (χ2n) is 9.97. The number of nitrogens with zero attached hydrogens (tertiary/aromatic N) is 5. The van der Waals surface area contributed by atoms with E-state index in [1.807, 2.05) is 32.0 Å². The first-order chi connectivity index (χ1) is 18.2. The van der Waals surface area contributed by atoms with Crippen LogP contribution in [0.1, 0.15) is 42.3 Å². The van der Waals surface area contributed by atoms with Gasteiger partial charge in [0.15, 0.2) is 0 Å². The van der Waals surface area contributed by atoms with Crippen molar-refractivity contribution in [1.82, 2.24) is 19.9 Å². The maximum absolute atomic E-state index is 13.8. The summed E-state index contributed by atoms with van der Waals surface area (Å²) < 4.78 is 0.611. The Bertz CT molecular complexity index is 1550. The van der Waals surface area contributed by atoms with E-state index in [-0.39, 0.29) is 24.3 Å². The maximum Gasteiger partial charge on any atom is 0.248 e. The molecule has 3 aromatic rings. The summed E-state index contributed by atoms with van der Waals surface area (Å²) >= 11 is 3.35. The molecule has 1 aliphatic carbocycles. The van der Waals surface area contributed by atoms with Crippen LogP contribution in [0.4, 0.5) is 5.82 Å². The first kappa shape index (κ1) is 25.6. The highest BCUT2D eigenvalue weighted by Crippen LogP contribution is 2.45. The topological polar surface area (TPSA) is 112 Å². The molecule has 0 unspecified atom stereocenters. The molecule has 9 heteroatoms. The van der Waals surface area contributed by atoms with E-state index in [1.165, 1.54) is 0 Å². The normalized spacial score (nSPS) is 21.3. The number of anilines is 1. The van der Waals surface area contributed by atoms with Crippen LogP contribution in [0.25, 0.3) is 11.1 Å². The number of rotatable bonds is 5. The van der Waals surface area contributed by atoms with Crippen LogP contribution >= 0.6 is 15.9 Å². The van der Waals surface area contributed by atoms with Crippen LogP contribution in [-0.2, 0) is 16.0 Å². The van der Waals surface area contributed by atoms with Crippen molar-refractivity contribution < 1.29 is 9.59 Å². The minimum absolute atomic E-state index is 0.0414.